The number of benzene rings is 1. The number of aromatic nitrogens is 3. The summed E-state index contributed by atoms with van der Waals surface area (Å²) < 4.78 is 34.8. The number of carbonyl (C=O) groups is 1. The molecule has 0 spiro atoms. The number of nitrogens with zero attached hydrogens (tertiary/aromatic N) is 5. The molecule has 1 N–H and O–H groups in total. The van der Waals surface area contributed by atoms with Crippen molar-refractivity contribution in [3.05, 3.63) is 42.5 Å². The molecule has 0 aliphatic carbocycles. The molecule has 2 amide bonds. The summed E-state index contributed by atoms with van der Waals surface area (Å²) in [6, 6.07) is 5.79. The van der Waals surface area contributed by atoms with Crippen molar-refractivity contribution >= 4 is 28.4 Å². The molecule has 2 aliphatic heterocycles. The minimum absolute atomic E-state index is 0.0686. The number of morpholine rings is 1. The highest BCUT2D eigenvalue weighted by Gasteiger charge is 2.30. The largest absolute Gasteiger partial charge is 0.372 e. The lowest BCUT2D eigenvalue weighted by Crippen LogP contribution is -2.53. The Balaban J connectivity index is 1.40. The second kappa shape index (κ2) is 8.01. The summed E-state index contributed by atoms with van der Waals surface area (Å²) >= 11 is 0. The number of carbonyl (C=O) groups excluding carboxylic acids is 1. The van der Waals surface area contributed by atoms with Crippen LogP contribution in [0.2, 0.25) is 0 Å². The van der Waals surface area contributed by atoms with E-state index in [2.05, 4.69) is 20.3 Å². The number of hydrogen-bond donors (Lipinski definition) is 1. The summed E-state index contributed by atoms with van der Waals surface area (Å²) in [5.41, 5.74) is 2.04. The number of amides is 2. The first-order valence-electron chi connectivity index (χ1n) is 10.6. The first-order chi connectivity index (χ1) is 15.4. The third-order valence-corrected chi connectivity index (χ3v) is 5.70. The number of anilines is 2. The van der Waals surface area contributed by atoms with Crippen LogP contribution >= 0.6 is 0 Å². The van der Waals surface area contributed by atoms with Gasteiger partial charge in [-0.2, -0.15) is 0 Å². The van der Waals surface area contributed by atoms with Crippen molar-refractivity contribution in [1.29, 1.82) is 0 Å². The van der Waals surface area contributed by atoms with Crippen LogP contribution in [0.15, 0.2) is 36.7 Å². The molecule has 0 unspecified atom stereocenters. The molecular weight excluding hydrogens is 418 g/mol. The van der Waals surface area contributed by atoms with Gasteiger partial charge in [0.25, 0.3) is 0 Å². The minimum Gasteiger partial charge on any atom is -0.372 e. The van der Waals surface area contributed by atoms with Crippen molar-refractivity contribution in [2.75, 3.05) is 36.4 Å². The molecule has 0 saturated carbocycles. The van der Waals surface area contributed by atoms with Crippen molar-refractivity contribution in [3.8, 4) is 5.69 Å². The van der Waals surface area contributed by atoms with Gasteiger partial charge >= 0.3 is 6.03 Å². The summed E-state index contributed by atoms with van der Waals surface area (Å²) in [5, 5.41) is 7.85. The van der Waals surface area contributed by atoms with Crippen molar-refractivity contribution in [2.45, 2.75) is 32.2 Å². The Kier molecular flexibility index (Phi) is 5.16. The molecule has 3 aromatic rings. The first kappa shape index (κ1) is 20.6. The van der Waals surface area contributed by atoms with Crippen molar-refractivity contribution in [1.82, 2.24) is 19.7 Å². The van der Waals surface area contributed by atoms with E-state index in [0.717, 1.165) is 24.2 Å². The average Bonchev–Trinajstić information content (AvgIpc) is 3.15. The average molecular weight is 442 g/mol. The highest BCUT2D eigenvalue weighted by atomic mass is 19.1. The standard InChI is InChI=1S/C22H24F2N6O2/c1-13-8-28(9-14(2)32-13)18-5-15-10-30(27-21(15)25-7-18)20-6-17(3-4-19(20)24)26-22(31)29-11-16(23)12-29/h3-7,10,13-14,16H,8-9,11-12H2,1-2H3,(H,26,31)/t13-,14+. The molecule has 4 heterocycles. The zero-order valence-electron chi connectivity index (χ0n) is 17.8. The number of urea groups is 1. The summed E-state index contributed by atoms with van der Waals surface area (Å²) in [6.45, 7) is 5.75. The van der Waals surface area contributed by atoms with Gasteiger partial charge in [-0.15, -0.1) is 5.10 Å². The lowest BCUT2D eigenvalue weighted by molar-refractivity contribution is -0.00522. The van der Waals surface area contributed by atoms with Crippen LogP contribution in [-0.2, 0) is 4.74 Å². The molecule has 2 atom stereocenters. The van der Waals surface area contributed by atoms with Crippen LogP contribution in [0.1, 0.15) is 13.8 Å². The van der Waals surface area contributed by atoms with Crippen molar-refractivity contribution in [2.24, 2.45) is 0 Å². The number of halogens is 2. The number of fused-ring (bicyclic) bond motifs is 1. The van der Waals surface area contributed by atoms with E-state index in [1.807, 2.05) is 19.9 Å². The second-order valence-electron chi connectivity index (χ2n) is 8.44. The monoisotopic (exact) mass is 442 g/mol. The molecule has 1 aromatic carbocycles. The fourth-order valence-corrected chi connectivity index (χ4v) is 4.15. The van der Waals surface area contributed by atoms with Gasteiger partial charge in [-0.25, -0.2) is 23.2 Å². The Hall–Kier alpha value is -3.27. The van der Waals surface area contributed by atoms with Gasteiger partial charge < -0.3 is 19.9 Å². The summed E-state index contributed by atoms with van der Waals surface area (Å²) in [7, 11) is 0. The number of hydrogen-bond acceptors (Lipinski definition) is 5. The van der Waals surface area contributed by atoms with Gasteiger partial charge in [0.1, 0.15) is 17.7 Å². The quantitative estimate of drug-likeness (QED) is 0.673. The third-order valence-electron chi connectivity index (χ3n) is 5.70. The van der Waals surface area contributed by atoms with E-state index >= 15 is 0 Å². The van der Waals surface area contributed by atoms with Crippen LogP contribution < -0.4 is 10.2 Å². The predicted molar refractivity (Wildman–Crippen MR) is 117 cm³/mol. The Morgan fingerprint density at radius 3 is 2.62 bits per heavy atom. The molecule has 5 rings (SSSR count). The van der Waals surface area contributed by atoms with Crippen LogP contribution in [0.4, 0.5) is 25.0 Å². The maximum atomic E-state index is 14.6. The Morgan fingerprint density at radius 2 is 1.91 bits per heavy atom. The van der Waals surface area contributed by atoms with Gasteiger partial charge in [0.15, 0.2) is 5.65 Å². The summed E-state index contributed by atoms with van der Waals surface area (Å²) in [5.74, 6) is -0.486. The van der Waals surface area contributed by atoms with E-state index in [1.165, 1.54) is 27.8 Å². The number of likely N-dealkylation sites (tertiary alicyclic amines) is 1. The highest BCUT2D eigenvalue weighted by Crippen LogP contribution is 2.26. The Bertz CT molecular complexity index is 1150. The molecule has 0 radical (unpaired) electrons. The van der Waals surface area contributed by atoms with Gasteiger partial charge in [-0.3, -0.25) is 0 Å². The molecule has 32 heavy (non-hydrogen) atoms. The highest BCUT2D eigenvalue weighted by molar-refractivity contribution is 5.90. The lowest BCUT2D eigenvalue weighted by Gasteiger charge is -2.36. The number of rotatable bonds is 3. The van der Waals surface area contributed by atoms with Crippen LogP contribution in [0.3, 0.4) is 0 Å². The van der Waals surface area contributed by atoms with Crippen molar-refractivity contribution in [3.63, 3.8) is 0 Å². The normalized spacial score (nSPS) is 21.6. The van der Waals surface area contributed by atoms with E-state index in [-0.39, 0.29) is 31.0 Å². The van der Waals surface area contributed by atoms with Gasteiger partial charge in [-0.05, 0) is 38.1 Å². The number of pyridine rings is 1. The molecule has 10 heteroatoms. The second-order valence-corrected chi connectivity index (χ2v) is 8.44. The smallest absolute Gasteiger partial charge is 0.322 e. The van der Waals surface area contributed by atoms with Crippen LogP contribution in [0.25, 0.3) is 16.7 Å². The maximum absolute atomic E-state index is 14.6. The fourth-order valence-electron chi connectivity index (χ4n) is 4.15. The number of alkyl halides is 1. The Morgan fingerprint density at radius 1 is 1.16 bits per heavy atom. The van der Waals surface area contributed by atoms with Gasteiger partial charge in [0, 0.05) is 30.4 Å². The molecule has 2 saturated heterocycles. The van der Waals surface area contributed by atoms with Crippen LogP contribution in [0.5, 0.6) is 0 Å². The topological polar surface area (TPSA) is 75.5 Å². The molecule has 0 bridgehead atoms. The molecular formula is C22H24F2N6O2. The van der Waals surface area contributed by atoms with E-state index in [0.29, 0.717) is 11.3 Å². The van der Waals surface area contributed by atoms with Gasteiger partial charge in [0.05, 0.1) is 37.2 Å². The lowest BCUT2D eigenvalue weighted by atomic mass is 10.2. The molecule has 2 aromatic heterocycles. The van der Waals surface area contributed by atoms with E-state index < -0.39 is 18.0 Å². The molecule has 2 aliphatic rings. The van der Waals surface area contributed by atoms with Crippen LogP contribution in [-0.4, -0.2) is 70.3 Å². The summed E-state index contributed by atoms with van der Waals surface area (Å²) in [4.78, 5) is 20.2. The van der Waals surface area contributed by atoms with E-state index in [9.17, 15) is 13.6 Å². The predicted octanol–water partition coefficient (Wildman–Crippen LogP) is 3.36. The number of ether oxygens (including phenoxy) is 1. The zero-order chi connectivity index (χ0) is 22.4. The first-order valence-corrected chi connectivity index (χ1v) is 10.6. The SMILES string of the molecule is C[C@@H]1CN(c2cnc3nn(-c4cc(NC(=O)N5CC(F)C5)ccc4F)cc3c2)C[C@H](C)O1. The zero-order valence-corrected chi connectivity index (χ0v) is 17.8. The minimum atomic E-state index is -0.984. The maximum Gasteiger partial charge on any atom is 0.322 e. The third kappa shape index (κ3) is 3.97. The van der Waals surface area contributed by atoms with E-state index in [1.54, 1.807) is 12.4 Å². The molecule has 2 fully saturated rings. The summed E-state index contributed by atoms with van der Waals surface area (Å²) in [6.07, 6.45) is 2.74. The van der Waals surface area contributed by atoms with Crippen molar-refractivity contribution < 1.29 is 18.3 Å². The number of nitrogens with one attached hydrogen (secondary N) is 1. The van der Waals surface area contributed by atoms with E-state index in [4.69, 9.17) is 4.74 Å². The fraction of sp³-hybridized carbons (Fsp3) is 0.409. The van der Waals surface area contributed by atoms with Gasteiger partial charge in [0.2, 0.25) is 0 Å². The van der Waals surface area contributed by atoms with Crippen LogP contribution in [0, 0.1) is 5.82 Å². The molecule has 8 nitrogen and oxygen atoms in total. The Labute approximate surface area is 183 Å². The van der Waals surface area contributed by atoms with Gasteiger partial charge in [-0.1, -0.05) is 0 Å². The molecule has 168 valence electrons.